The van der Waals surface area contributed by atoms with Crippen LogP contribution >= 0.6 is 0 Å². The highest BCUT2D eigenvalue weighted by Crippen LogP contribution is 2.41. The van der Waals surface area contributed by atoms with Crippen LogP contribution in [-0.4, -0.2) is 113 Å². The van der Waals surface area contributed by atoms with E-state index in [9.17, 15) is 24.3 Å². The average Bonchev–Trinajstić information content (AvgIpc) is 3.87. The molecule has 2 aromatic carbocycles. The molecule has 4 amide bonds. The van der Waals surface area contributed by atoms with Crippen LogP contribution < -0.4 is 16.1 Å². The number of nitrogens with one attached hydrogen (secondary N) is 3. The molecule has 0 aliphatic carbocycles. The molecule has 4 N–H and O–H groups in total. The monoisotopic (exact) mass is 867 g/mol. The van der Waals surface area contributed by atoms with Gasteiger partial charge >= 0.3 is 12.2 Å². The second-order valence-corrected chi connectivity index (χ2v) is 18.0. The fourth-order valence-electron chi connectivity index (χ4n) is 9.07. The van der Waals surface area contributed by atoms with Gasteiger partial charge in [0.25, 0.3) is 5.91 Å². The first-order chi connectivity index (χ1) is 30.2. The summed E-state index contributed by atoms with van der Waals surface area (Å²) in [7, 11) is 3.18. The van der Waals surface area contributed by atoms with E-state index < -0.39 is 53.8 Å². The number of alkyl carbamates (subject to hydrolysis) is 1. The Kier molecular flexibility index (Phi) is 13.9. The van der Waals surface area contributed by atoms with Crippen LogP contribution in [0.5, 0.6) is 5.75 Å². The van der Waals surface area contributed by atoms with Gasteiger partial charge in [0.05, 0.1) is 32.1 Å². The highest BCUT2D eigenvalue weighted by Gasteiger charge is 2.37. The fraction of sp³-hybridized carbons (Fsp3) is 0.511. The number of ether oxygens (including phenoxy) is 4. The van der Waals surface area contributed by atoms with Crippen molar-refractivity contribution in [3.8, 4) is 28.1 Å². The van der Waals surface area contributed by atoms with Crippen LogP contribution in [0.25, 0.3) is 33.3 Å². The summed E-state index contributed by atoms with van der Waals surface area (Å²) in [5, 5.41) is 19.5. The molecule has 6 bridgehead atoms. The molecule has 3 aliphatic heterocycles. The van der Waals surface area contributed by atoms with Crippen LogP contribution in [0.2, 0.25) is 0 Å². The van der Waals surface area contributed by atoms with E-state index in [4.69, 9.17) is 18.9 Å². The number of aryl methyl sites for hydroxylation is 1. The van der Waals surface area contributed by atoms with E-state index in [0.29, 0.717) is 63.1 Å². The van der Waals surface area contributed by atoms with Crippen molar-refractivity contribution in [3.63, 3.8) is 0 Å². The lowest BCUT2D eigenvalue weighted by atomic mass is 9.84. The lowest BCUT2D eigenvalue weighted by Crippen LogP contribution is -2.63. The van der Waals surface area contributed by atoms with Crippen molar-refractivity contribution in [2.45, 2.75) is 104 Å². The van der Waals surface area contributed by atoms with Gasteiger partial charge in [0.2, 0.25) is 5.91 Å². The van der Waals surface area contributed by atoms with E-state index in [1.807, 2.05) is 38.2 Å². The third-order valence-electron chi connectivity index (χ3n) is 12.1. The van der Waals surface area contributed by atoms with E-state index in [1.54, 1.807) is 25.4 Å². The number of likely N-dealkylation sites (N-methyl/N-ethyl adjacent to an activating group) is 1. The molecule has 16 nitrogen and oxygen atoms in total. The minimum atomic E-state index is -1.14. The number of amides is 4. The summed E-state index contributed by atoms with van der Waals surface area (Å²) in [5.41, 5.74) is 9.74. The maximum atomic E-state index is 14.6. The number of phenols is 1. The number of aromatic hydroxyl groups is 1. The van der Waals surface area contributed by atoms with E-state index in [-0.39, 0.29) is 31.3 Å². The van der Waals surface area contributed by atoms with E-state index in [1.165, 1.54) is 17.0 Å². The first-order valence-electron chi connectivity index (χ1n) is 21.9. The molecule has 4 atom stereocenters. The van der Waals surface area contributed by atoms with Gasteiger partial charge in [-0.2, -0.15) is 0 Å². The summed E-state index contributed by atoms with van der Waals surface area (Å²) in [6, 6.07) is 11.3. The van der Waals surface area contributed by atoms with Crippen molar-refractivity contribution in [1.82, 2.24) is 35.5 Å². The molecule has 2 fully saturated rings. The van der Waals surface area contributed by atoms with Crippen LogP contribution in [0.3, 0.4) is 0 Å². The standard InChI is InChI=1S/C47H61N7O9/c1-8-53-39-12-11-30-22-35(39)36(42(53)37-24-48-15-13-31(37)25-60-7)23-47(4,5)27-62-45(58)50-40-10-9-16-54(51-40)44(57)38(20-29-18-32(30)21-33(55)19-29)49-43(56)41(28(2)3)52(6)46(59)63-34-14-17-61-26-34/h11-13,15,18-19,21-22,24,28,34,38,40-41,51,55H,8-10,14,16-17,20,23,25-27H2,1-7H3,(H,49,56)(H,50,58)/t34?,38-,40-,41-/m0/s1. The summed E-state index contributed by atoms with van der Waals surface area (Å²) in [6.07, 6.45) is 3.49. The summed E-state index contributed by atoms with van der Waals surface area (Å²) in [5.74, 6) is -1.35. The van der Waals surface area contributed by atoms with Crippen molar-refractivity contribution in [1.29, 1.82) is 0 Å². The quantitative estimate of drug-likeness (QED) is 0.157. The Bertz CT molecular complexity index is 2320. The number of rotatable bonds is 9. The third-order valence-corrected chi connectivity index (χ3v) is 12.1. The van der Waals surface area contributed by atoms with Crippen molar-refractivity contribution in [2.75, 3.05) is 40.5 Å². The van der Waals surface area contributed by atoms with Crippen LogP contribution in [0, 0.1) is 11.3 Å². The first-order valence-corrected chi connectivity index (χ1v) is 21.9. The Morgan fingerprint density at radius 2 is 1.92 bits per heavy atom. The molecule has 3 aliphatic rings. The zero-order chi connectivity index (χ0) is 45.0. The summed E-state index contributed by atoms with van der Waals surface area (Å²) < 4.78 is 24.8. The van der Waals surface area contributed by atoms with Crippen molar-refractivity contribution >= 4 is 34.9 Å². The molecule has 7 rings (SSSR count). The van der Waals surface area contributed by atoms with Gasteiger partial charge in [0.1, 0.15) is 30.1 Å². The number of hydrogen-bond acceptors (Lipinski definition) is 11. The number of hydrazine groups is 1. The molecule has 0 radical (unpaired) electrons. The molecule has 2 saturated heterocycles. The zero-order valence-electron chi connectivity index (χ0n) is 37.4. The number of benzene rings is 2. The minimum absolute atomic E-state index is 0.00397. The molecule has 5 heterocycles. The lowest BCUT2D eigenvalue weighted by molar-refractivity contribution is -0.142. The van der Waals surface area contributed by atoms with Gasteiger partial charge in [-0.1, -0.05) is 39.8 Å². The second kappa shape index (κ2) is 19.4. The van der Waals surface area contributed by atoms with Crippen molar-refractivity contribution < 1.29 is 43.2 Å². The minimum Gasteiger partial charge on any atom is -0.508 e. The van der Waals surface area contributed by atoms with Crippen LogP contribution in [0.1, 0.15) is 70.6 Å². The fourth-order valence-corrected chi connectivity index (χ4v) is 9.07. The Morgan fingerprint density at radius 3 is 2.65 bits per heavy atom. The zero-order valence-corrected chi connectivity index (χ0v) is 37.4. The highest BCUT2D eigenvalue weighted by molar-refractivity contribution is 5.96. The van der Waals surface area contributed by atoms with E-state index >= 15 is 0 Å². The average molecular weight is 868 g/mol. The summed E-state index contributed by atoms with van der Waals surface area (Å²) in [6.45, 7) is 12.1. The van der Waals surface area contributed by atoms with Crippen LogP contribution in [0.4, 0.5) is 9.59 Å². The topological polar surface area (TPSA) is 186 Å². The molecule has 63 heavy (non-hydrogen) atoms. The van der Waals surface area contributed by atoms with Gasteiger partial charge in [-0.3, -0.25) is 24.5 Å². The van der Waals surface area contributed by atoms with Gasteiger partial charge in [0.15, 0.2) is 0 Å². The number of hydrogen-bond donors (Lipinski definition) is 4. The Hall–Kier alpha value is -5.71. The maximum absolute atomic E-state index is 14.6. The van der Waals surface area contributed by atoms with Gasteiger partial charge in [-0.15, -0.1) is 0 Å². The number of carbonyl (C=O) groups excluding carboxylic acids is 4. The van der Waals surface area contributed by atoms with Crippen molar-refractivity contribution in [3.05, 3.63) is 71.5 Å². The molecule has 1 unspecified atom stereocenters. The number of pyridine rings is 1. The lowest BCUT2D eigenvalue weighted by Gasteiger charge is -2.37. The molecule has 0 spiro atoms. The molecule has 338 valence electrons. The van der Waals surface area contributed by atoms with E-state index in [2.05, 4.69) is 58.5 Å². The molecule has 16 heteroatoms. The molecular formula is C47H61N7O9. The van der Waals surface area contributed by atoms with Gasteiger partial charge in [-0.05, 0) is 90.3 Å². The Balaban J connectivity index is 1.32. The maximum Gasteiger partial charge on any atom is 0.410 e. The van der Waals surface area contributed by atoms with Gasteiger partial charge in [0, 0.05) is 74.4 Å². The van der Waals surface area contributed by atoms with E-state index in [0.717, 1.165) is 38.9 Å². The number of fused-ring (bicyclic) bond motifs is 6. The van der Waals surface area contributed by atoms with Gasteiger partial charge < -0.3 is 39.3 Å². The Morgan fingerprint density at radius 1 is 1.11 bits per heavy atom. The third kappa shape index (κ3) is 10.2. The van der Waals surface area contributed by atoms with Crippen molar-refractivity contribution in [2.24, 2.45) is 11.3 Å². The number of aromatic nitrogens is 2. The molecular weight excluding hydrogens is 807 g/mol. The Labute approximate surface area is 368 Å². The predicted molar refractivity (Wildman–Crippen MR) is 236 cm³/mol. The summed E-state index contributed by atoms with van der Waals surface area (Å²) >= 11 is 0. The largest absolute Gasteiger partial charge is 0.508 e. The molecule has 4 aromatic rings. The number of phenolic OH excluding ortho intramolecular Hbond substituents is 1. The SMILES string of the molecule is CCn1c(-c2cnccc2COC)c2c3cc(ccc31)-c1cc(O)cc(c1)C[C@H](NC(=O)[C@H](C(C)C)N(C)C(=O)OC1CCOC1)C(=O)N1CCC[C@@H](NC(=O)OCC(C)(C)C2)N1. The number of carbonyl (C=O) groups is 4. The smallest absolute Gasteiger partial charge is 0.410 e. The van der Waals surface area contributed by atoms with Crippen LogP contribution in [-0.2, 0) is 54.5 Å². The normalized spacial score (nSPS) is 21.0. The van der Waals surface area contributed by atoms with Crippen LogP contribution in [0.15, 0.2) is 54.9 Å². The number of cyclic esters (lactones) is 1. The number of methoxy groups -OCH3 is 1. The predicted octanol–water partition coefficient (Wildman–Crippen LogP) is 5.91. The molecule has 2 aromatic heterocycles. The number of nitrogens with zero attached hydrogens (tertiary/aromatic N) is 4. The van der Waals surface area contributed by atoms with Gasteiger partial charge in [-0.25, -0.2) is 15.0 Å². The molecule has 0 saturated carbocycles. The first kappa shape index (κ1) is 45.3. The highest BCUT2D eigenvalue weighted by atomic mass is 16.6. The second-order valence-electron chi connectivity index (χ2n) is 18.0. The summed E-state index contributed by atoms with van der Waals surface area (Å²) in [4.78, 5) is 61.4.